The van der Waals surface area contributed by atoms with E-state index in [0.717, 1.165) is 22.5 Å². The number of nitrogens with two attached hydrogens (primary N) is 1. The lowest BCUT2D eigenvalue weighted by atomic mass is 10.1. The molecule has 1 aliphatic rings. The summed E-state index contributed by atoms with van der Waals surface area (Å²) in [4.78, 5) is 37.3. The van der Waals surface area contributed by atoms with Crippen molar-refractivity contribution in [3.8, 4) is 17.0 Å². The molecule has 0 unspecified atom stereocenters. The van der Waals surface area contributed by atoms with Crippen LogP contribution in [0, 0.1) is 6.92 Å². The summed E-state index contributed by atoms with van der Waals surface area (Å²) in [5.74, 6) is 0.398. The first-order valence-electron chi connectivity index (χ1n) is 12.4. The number of anilines is 2. The van der Waals surface area contributed by atoms with E-state index in [9.17, 15) is 18.4 Å². The Hall–Kier alpha value is -4.58. The van der Waals surface area contributed by atoms with Gasteiger partial charge in [-0.25, -0.2) is 9.97 Å². The van der Waals surface area contributed by atoms with E-state index in [-0.39, 0.29) is 24.1 Å². The molecule has 4 aromatic rings. The summed E-state index contributed by atoms with van der Waals surface area (Å²) in [6.07, 6.45) is 5.08. The summed E-state index contributed by atoms with van der Waals surface area (Å²) in [5.41, 5.74) is 9.67. The van der Waals surface area contributed by atoms with Gasteiger partial charge in [-0.3, -0.25) is 14.0 Å². The number of fused-ring (bicyclic) bond motifs is 1. The van der Waals surface area contributed by atoms with Crippen molar-refractivity contribution in [2.75, 3.05) is 38.0 Å². The van der Waals surface area contributed by atoms with E-state index in [2.05, 4.69) is 20.0 Å². The number of hydrogen-bond donors (Lipinski definition) is 2. The molecular formula is C27H27F2N7O3. The van der Waals surface area contributed by atoms with Gasteiger partial charge in [-0.2, -0.15) is 8.78 Å². The quantitative estimate of drug-likeness (QED) is 0.373. The molecule has 1 aliphatic heterocycles. The molecule has 0 radical (unpaired) electrons. The number of rotatable bonds is 7. The number of halogens is 2. The van der Waals surface area contributed by atoms with Gasteiger partial charge in [0.1, 0.15) is 5.75 Å². The van der Waals surface area contributed by atoms with E-state index >= 15 is 0 Å². The fourth-order valence-electron chi connectivity index (χ4n) is 4.60. The molecule has 12 heteroatoms. The summed E-state index contributed by atoms with van der Waals surface area (Å²) in [7, 11) is 0. The van der Waals surface area contributed by atoms with Crippen molar-refractivity contribution in [1.82, 2.24) is 24.2 Å². The van der Waals surface area contributed by atoms with E-state index in [1.165, 1.54) is 12.1 Å². The molecule has 202 valence electrons. The Kier molecular flexibility index (Phi) is 7.37. The number of amides is 2. The lowest BCUT2D eigenvalue weighted by Gasteiger charge is -2.34. The van der Waals surface area contributed by atoms with Crippen LogP contribution < -0.4 is 15.8 Å². The second kappa shape index (κ2) is 11.0. The van der Waals surface area contributed by atoms with Gasteiger partial charge in [-0.05, 0) is 55.0 Å². The highest BCUT2D eigenvalue weighted by Gasteiger charge is 2.25. The third kappa shape index (κ3) is 5.50. The summed E-state index contributed by atoms with van der Waals surface area (Å²) in [6.45, 7) is 0.810. The second-order valence-electron chi connectivity index (χ2n) is 9.05. The molecule has 0 saturated carbocycles. The van der Waals surface area contributed by atoms with Crippen LogP contribution in [-0.2, 0) is 4.79 Å². The van der Waals surface area contributed by atoms with Gasteiger partial charge >= 0.3 is 6.61 Å². The van der Waals surface area contributed by atoms with Crippen LogP contribution >= 0.6 is 0 Å². The topological polar surface area (TPSA) is 118 Å². The molecule has 1 saturated heterocycles. The Morgan fingerprint density at radius 1 is 1.05 bits per heavy atom. The van der Waals surface area contributed by atoms with E-state index in [1.807, 2.05) is 23.5 Å². The maximum atomic E-state index is 13.1. The lowest BCUT2D eigenvalue weighted by molar-refractivity contribution is -0.131. The molecule has 0 aliphatic carbocycles. The van der Waals surface area contributed by atoms with Gasteiger partial charge in [0.2, 0.25) is 5.91 Å². The molecule has 2 amide bonds. The highest BCUT2D eigenvalue weighted by Crippen LogP contribution is 2.28. The number of hydrogen-bond acceptors (Lipinski definition) is 7. The van der Waals surface area contributed by atoms with Crippen molar-refractivity contribution >= 4 is 29.0 Å². The number of aromatic nitrogens is 3. The van der Waals surface area contributed by atoms with Crippen LogP contribution in [0.25, 0.3) is 16.9 Å². The predicted octanol–water partition coefficient (Wildman–Crippen LogP) is 3.29. The van der Waals surface area contributed by atoms with Gasteiger partial charge in [-0.15, -0.1) is 0 Å². The van der Waals surface area contributed by atoms with Crippen molar-refractivity contribution in [2.45, 2.75) is 13.5 Å². The molecule has 3 N–H and O–H groups in total. The largest absolute Gasteiger partial charge is 0.435 e. The van der Waals surface area contributed by atoms with Crippen LogP contribution in [0.3, 0.4) is 0 Å². The average molecular weight is 536 g/mol. The number of benzene rings is 2. The fraction of sp³-hybridized carbons (Fsp3) is 0.259. The first-order valence-corrected chi connectivity index (χ1v) is 12.4. The number of nitrogens with one attached hydrogen (secondary N) is 1. The van der Waals surface area contributed by atoms with Crippen LogP contribution in [-0.4, -0.2) is 75.3 Å². The zero-order chi connectivity index (χ0) is 27.5. The van der Waals surface area contributed by atoms with Crippen LogP contribution in [0.5, 0.6) is 5.75 Å². The van der Waals surface area contributed by atoms with Crippen molar-refractivity contribution < 1.29 is 23.1 Å². The van der Waals surface area contributed by atoms with Gasteiger partial charge in [0, 0.05) is 55.4 Å². The highest BCUT2D eigenvalue weighted by atomic mass is 19.3. The van der Waals surface area contributed by atoms with Gasteiger partial charge in [0.05, 0.1) is 18.4 Å². The molecule has 2 aromatic heterocycles. The predicted molar refractivity (Wildman–Crippen MR) is 141 cm³/mol. The maximum Gasteiger partial charge on any atom is 0.387 e. The second-order valence-corrected chi connectivity index (χ2v) is 9.05. The molecule has 39 heavy (non-hydrogen) atoms. The van der Waals surface area contributed by atoms with Gasteiger partial charge < -0.3 is 25.6 Å². The number of ether oxygens (including phenoxy) is 1. The number of imidazole rings is 1. The minimum Gasteiger partial charge on any atom is -0.435 e. The number of alkyl halides is 2. The van der Waals surface area contributed by atoms with Crippen molar-refractivity contribution in [3.05, 3.63) is 72.2 Å². The zero-order valence-electron chi connectivity index (χ0n) is 21.2. The number of carbonyl (C=O) groups excluding carboxylic acids is 2. The van der Waals surface area contributed by atoms with Gasteiger partial charge in [-0.1, -0.05) is 0 Å². The van der Waals surface area contributed by atoms with Crippen molar-refractivity contribution in [2.24, 2.45) is 5.73 Å². The molecule has 10 nitrogen and oxygen atoms in total. The minimum absolute atomic E-state index is 0.0315. The van der Waals surface area contributed by atoms with Crippen LogP contribution in [0.15, 0.2) is 61.1 Å². The standard InChI is InChI=1S/C27H27F2N7O3/c1-17-14-19(4-7-21(17)26(38)35-12-10-34(11-13-35)23(37)15-30)33-24-25-32-16-22(36(25)9-8-31-24)18-2-5-20(6-3-18)39-27(28)29/h2-9,14,16,27H,10-13,15,30H2,1H3,(H,31,33). The molecular weight excluding hydrogens is 508 g/mol. The van der Waals surface area contributed by atoms with Crippen LogP contribution in [0.4, 0.5) is 20.3 Å². The Balaban J connectivity index is 1.31. The maximum absolute atomic E-state index is 13.1. The fourth-order valence-corrected chi connectivity index (χ4v) is 4.60. The monoisotopic (exact) mass is 535 g/mol. The Bertz CT molecular complexity index is 1500. The summed E-state index contributed by atoms with van der Waals surface area (Å²) in [6, 6.07) is 11.8. The van der Waals surface area contributed by atoms with Crippen LogP contribution in [0.2, 0.25) is 0 Å². The van der Waals surface area contributed by atoms with E-state index < -0.39 is 6.61 Å². The number of nitrogens with zero attached hydrogens (tertiary/aromatic N) is 5. The van der Waals surface area contributed by atoms with E-state index in [0.29, 0.717) is 43.2 Å². The van der Waals surface area contributed by atoms with Gasteiger partial charge in [0.25, 0.3) is 5.91 Å². The highest BCUT2D eigenvalue weighted by molar-refractivity contribution is 5.96. The molecule has 0 spiro atoms. The number of aryl methyl sites for hydroxylation is 1. The summed E-state index contributed by atoms with van der Waals surface area (Å²) < 4.78 is 31.2. The van der Waals surface area contributed by atoms with Crippen molar-refractivity contribution in [3.63, 3.8) is 0 Å². The summed E-state index contributed by atoms with van der Waals surface area (Å²) in [5, 5.41) is 3.27. The van der Waals surface area contributed by atoms with E-state index in [4.69, 9.17) is 5.73 Å². The molecule has 0 atom stereocenters. The normalized spacial score (nSPS) is 13.7. The van der Waals surface area contributed by atoms with Crippen LogP contribution in [0.1, 0.15) is 15.9 Å². The Morgan fingerprint density at radius 2 is 1.77 bits per heavy atom. The Labute approximate surface area is 223 Å². The smallest absolute Gasteiger partial charge is 0.387 e. The van der Waals surface area contributed by atoms with Crippen molar-refractivity contribution in [1.29, 1.82) is 0 Å². The van der Waals surface area contributed by atoms with E-state index in [1.54, 1.807) is 46.6 Å². The lowest BCUT2D eigenvalue weighted by Crippen LogP contribution is -2.52. The minimum atomic E-state index is -2.88. The molecule has 1 fully saturated rings. The zero-order valence-corrected chi connectivity index (χ0v) is 21.2. The third-order valence-electron chi connectivity index (χ3n) is 6.62. The first kappa shape index (κ1) is 26.0. The first-order chi connectivity index (χ1) is 18.8. The van der Waals surface area contributed by atoms with Gasteiger partial charge in [0.15, 0.2) is 11.5 Å². The molecule has 2 aromatic carbocycles. The summed E-state index contributed by atoms with van der Waals surface area (Å²) >= 11 is 0. The molecule has 3 heterocycles. The Morgan fingerprint density at radius 3 is 2.44 bits per heavy atom. The average Bonchev–Trinajstić information content (AvgIpc) is 3.38. The molecule has 0 bridgehead atoms. The number of piperazine rings is 1. The third-order valence-corrected chi connectivity index (χ3v) is 6.62. The number of carbonyl (C=O) groups is 2. The SMILES string of the molecule is Cc1cc(Nc2nccn3c(-c4ccc(OC(F)F)cc4)cnc23)ccc1C(=O)N1CCN(C(=O)CN)CC1. The molecule has 5 rings (SSSR count).